The van der Waals surface area contributed by atoms with Gasteiger partial charge in [-0.05, 0) is 43.5 Å². The van der Waals surface area contributed by atoms with Crippen LogP contribution in [0.25, 0.3) is 27.5 Å². The van der Waals surface area contributed by atoms with Crippen molar-refractivity contribution in [2.75, 3.05) is 0 Å². The van der Waals surface area contributed by atoms with Crippen molar-refractivity contribution in [3.05, 3.63) is 59.5 Å². The lowest BCUT2D eigenvalue weighted by Gasteiger charge is -2.09. The Labute approximate surface area is 163 Å². The number of hydrogen-bond donors (Lipinski definition) is 0. The molecular weight excluding hydrogens is 352 g/mol. The van der Waals surface area contributed by atoms with Crippen molar-refractivity contribution in [1.82, 2.24) is 19.8 Å². The summed E-state index contributed by atoms with van der Waals surface area (Å²) in [5.74, 6) is -0.484. The number of ether oxygens (including phenoxy) is 1. The number of aryl methyl sites for hydroxylation is 2. The minimum absolute atomic E-state index is 0.191. The van der Waals surface area contributed by atoms with Gasteiger partial charge in [0.25, 0.3) is 0 Å². The van der Waals surface area contributed by atoms with Gasteiger partial charge in [-0.1, -0.05) is 49.4 Å². The van der Waals surface area contributed by atoms with Crippen molar-refractivity contribution >= 4 is 22.4 Å². The smallest absolute Gasteiger partial charge is 0.361 e. The number of carbonyl (C=O) groups is 1. The standard InChI is InChI=1S/C22H22N4O2/c1-5-18-19(17-12-8-10-15-9-6-7-11-16(15)17)21-24-23-20(14(4)26(21)25-18)22(27)28-13(2)3/h6-13H,5H2,1-4H3. The van der Waals surface area contributed by atoms with Crippen molar-refractivity contribution in [1.29, 1.82) is 0 Å². The quantitative estimate of drug-likeness (QED) is 0.496. The van der Waals surface area contributed by atoms with Crippen LogP contribution < -0.4 is 0 Å². The van der Waals surface area contributed by atoms with Crippen LogP contribution in [-0.4, -0.2) is 31.9 Å². The molecule has 28 heavy (non-hydrogen) atoms. The highest BCUT2D eigenvalue weighted by atomic mass is 16.5. The van der Waals surface area contributed by atoms with Crippen molar-refractivity contribution in [2.24, 2.45) is 0 Å². The van der Waals surface area contributed by atoms with Crippen LogP contribution in [0, 0.1) is 6.92 Å². The minimum Gasteiger partial charge on any atom is -0.458 e. The topological polar surface area (TPSA) is 69.4 Å². The molecule has 2 heterocycles. The Hall–Kier alpha value is -3.28. The first-order chi connectivity index (χ1) is 13.5. The molecule has 0 aliphatic carbocycles. The SMILES string of the molecule is CCc1nn2c(C)c(C(=O)OC(C)C)nnc2c1-c1cccc2ccccc12. The van der Waals surface area contributed by atoms with Crippen LogP contribution >= 0.6 is 0 Å². The van der Waals surface area contributed by atoms with Gasteiger partial charge in [-0.2, -0.15) is 5.10 Å². The molecule has 0 radical (unpaired) electrons. The summed E-state index contributed by atoms with van der Waals surface area (Å²) >= 11 is 0. The molecule has 4 aromatic rings. The lowest BCUT2D eigenvalue weighted by molar-refractivity contribution is 0.0367. The first-order valence-corrected chi connectivity index (χ1v) is 9.45. The zero-order valence-electron chi connectivity index (χ0n) is 16.4. The Morgan fingerprint density at radius 2 is 1.86 bits per heavy atom. The van der Waals surface area contributed by atoms with Crippen molar-refractivity contribution < 1.29 is 9.53 Å². The van der Waals surface area contributed by atoms with E-state index in [-0.39, 0.29) is 11.8 Å². The van der Waals surface area contributed by atoms with E-state index in [1.807, 2.05) is 25.1 Å². The molecule has 0 unspecified atom stereocenters. The number of esters is 1. The van der Waals surface area contributed by atoms with Gasteiger partial charge >= 0.3 is 5.97 Å². The molecule has 0 aliphatic heterocycles. The molecule has 4 rings (SSSR count). The normalized spacial score (nSPS) is 11.5. The lowest BCUT2D eigenvalue weighted by atomic mass is 9.97. The fourth-order valence-electron chi connectivity index (χ4n) is 3.47. The van der Waals surface area contributed by atoms with Gasteiger partial charge in [-0.15, -0.1) is 10.2 Å². The van der Waals surface area contributed by atoms with E-state index in [1.165, 1.54) is 0 Å². The number of benzene rings is 2. The summed E-state index contributed by atoms with van der Waals surface area (Å²) in [7, 11) is 0. The molecular formula is C22H22N4O2. The molecule has 0 fully saturated rings. The third-order valence-corrected chi connectivity index (χ3v) is 4.77. The van der Waals surface area contributed by atoms with E-state index in [4.69, 9.17) is 9.84 Å². The molecule has 142 valence electrons. The van der Waals surface area contributed by atoms with E-state index in [2.05, 4.69) is 41.4 Å². The van der Waals surface area contributed by atoms with Crippen LogP contribution in [-0.2, 0) is 11.2 Å². The summed E-state index contributed by atoms with van der Waals surface area (Å²) in [4.78, 5) is 12.4. The van der Waals surface area contributed by atoms with Crippen LogP contribution in [0.15, 0.2) is 42.5 Å². The number of hydrogen-bond acceptors (Lipinski definition) is 5. The fourth-order valence-corrected chi connectivity index (χ4v) is 3.47. The van der Waals surface area contributed by atoms with Crippen LogP contribution in [0.1, 0.15) is 42.6 Å². The second kappa shape index (κ2) is 7.03. The molecule has 0 saturated heterocycles. The summed E-state index contributed by atoms with van der Waals surface area (Å²) in [6.45, 7) is 7.49. The van der Waals surface area contributed by atoms with Crippen LogP contribution in [0.5, 0.6) is 0 Å². The van der Waals surface area contributed by atoms with Gasteiger partial charge in [-0.25, -0.2) is 9.31 Å². The number of rotatable bonds is 4. The Balaban J connectivity index is 1.97. The molecule has 2 aromatic carbocycles. The molecule has 6 nitrogen and oxygen atoms in total. The van der Waals surface area contributed by atoms with Gasteiger partial charge in [-0.3, -0.25) is 0 Å². The summed E-state index contributed by atoms with van der Waals surface area (Å²) in [5, 5.41) is 15.6. The number of carbonyl (C=O) groups excluding carboxylic acids is 1. The Morgan fingerprint density at radius 3 is 2.61 bits per heavy atom. The van der Waals surface area contributed by atoms with Gasteiger partial charge in [0.2, 0.25) is 0 Å². The molecule has 2 aromatic heterocycles. The maximum Gasteiger partial charge on any atom is 0.361 e. The van der Waals surface area contributed by atoms with Crippen LogP contribution in [0.2, 0.25) is 0 Å². The molecule has 0 amide bonds. The highest BCUT2D eigenvalue weighted by molar-refractivity contribution is 6.00. The fraction of sp³-hybridized carbons (Fsp3) is 0.273. The summed E-state index contributed by atoms with van der Waals surface area (Å²) in [6, 6.07) is 14.5. The van der Waals surface area contributed by atoms with E-state index in [0.717, 1.165) is 34.0 Å². The molecule has 0 N–H and O–H groups in total. The third-order valence-electron chi connectivity index (χ3n) is 4.77. The van der Waals surface area contributed by atoms with E-state index in [1.54, 1.807) is 18.4 Å². The molecule has 0 atom stereocenters. The summed E-state index contributed by atoms with van der Waals surface area (Å²) in [6.07, 6.45) is 0.520. The van der Waals surface area contributed by atoms with Crippen LogP contribution in [0.4, 0.5) is 0 Å². The van der Waals surface area contributed by atoms with E-state index >= 15 is 0 Å². The molecule has 6 heteroatoms. The Morgan fingerprint density at radius 1 is 1.11 bits per heavy atom. The molecule has 0 spiro atoms. The molecule has 0 aliphatic rings. The third kappa shape index (κ3) is 2.91. The largest absolute Gasteiger partial charge is 0.458 e. The highest BCUT2D eigenvalue weighted by Gasteiger charge is 2.23. The maximum absolute atomic E-state index is 12.4. The number of fused-ring (bicyclic) bond motifs is 2. The first kappa shape index (κ1) is 18.1. The predicted octanol–water partition coefficient (Wildman–Crippen LogP) is 4.38. The summed E-state index contributed by atoms with van der Waals surface area (Å²) < 4.78 is 7.00. The van der Waals surface area contributed by atoms with Crippen molar-refractivity contribution in [3.8, 4) is 11.1 Å². The average molecular weight is 374 g/mol. The Kier molecular flexibility index (Phi) is 4.55. The molecule has 0 bridgehead atoms. The maximum atomic E-state index is 12.4. The number of aromatic nitrogens is 4. The van der Waals surface area contributed by atoms with Gasteiger partial charge < -0.3 is 4.74 Å². The summed E-state index contributed by atoms with van der Waals surface area (Å²) in [5.41, 5.74) is 4.40. The second-order valence-electron chi connectivity index (χ2n) is 7.03. The van der Waals surface area contributed by atoms with Crippen LogP contribution in [0.3, 0.4) is 0 Å². The minimum atomic E-state index is -0.484. The first-order valence-electron chi connectivity index (χ1n) is 9.45. The zero-order chi connectivity index (χ0) is 19.8. The van der Waals surface area contributed by atoms with Gasteiger partial charge in [0.15, 0.2) is 11.3 Å². The monoisotopic (exact) mass is 374 g/mol. The van der Waals surface area contributed by atoms with Crippen molar-refractivity contribution in [3.63, 3.8) is 0 Å². The zero-order valence-corrected chi connectivity index (χ0v) is 16.4. The number of nitrogens with zero attached hydrogens (tertiary/aromatic N) is 4. The molecule has 0 saturated carbocycles. The van der Waals surface area contributed by atoms with Gasteiger partial charge in [0.1, 0.15) is 0 Å². The highest BCUT2D eigenvalue weighted by Crippen LogP contribution is 2.34. The van der Waals surface area contributed by atoms with E-state index in [9.17, 15) is 4.79 Å². The Bertz CT molecular complexity index is 1190. The van der Waals surface area contributed by atoms with Gasteiger partial charge in [0.05, 0.1) is 23.1 Å². The van der Waals surface area contributed by atoms with Gasteiger partial charge in [0, 0.05) is 0 Å². The van der Waals surface area contributed by atoms with Crippen molar-refractivity contribution in [2.45, 2.75) is 40.2 Å². The average Bonchev–Trinajstić information content (AvgIpc) is 3.06. The second-order valence-corrected chi connectivity index (χ2v) is 7.03. The lowest BCUT2D eigenvalue weighted by Crippen LogP contribution is -2.17. The van der Waals surface area contributed by atoms with E-state index < -0.39 is 5.97 Å². The predicted molar refractivity (Wildman–Crippen MR) is 108 cm³/mol. The van der Waals surface area contributed by atoms with E-state index in [0.29, 0.717) is 11.3 Å².